The number of thiazole rings is 1. The first kappa shape index (κ1) is 17.0. The third kappa shape index (κ3) is 3.20. The van der Waals surface area contributed by atoms with Crippen molar-refractivity contribution >= 4 is 33.9 Å². The van der Waals surface area contributed by atoms with Crippen LogP contribution in [0.4, 0.5) is 5.69 Å². The summed E-state index contributed by atoms with van der Waals surface area (Å²) in [6, 6.07) is 16.5. The summed E-state index contributed by atoms with van der Waals surface area (Å²) in [7, 11) is 1.31. The molecule has 7 heteroatoms. The molecule has 27 heavy (non-hydrogen) atoms. The topological polar surface area (TPSA) is 72.7 Å². The van der Waals surface area contributed by atoms with Gasteiger partial charge in [0.2, 0.25) is 0 Å². The van der Waals surface area contributed by atoms with Gasteiger partial charge in [-0.1, -0.05) is 42.5 Å². The molecule has 1 amide bonds. The molecule has 2 heterocycles. The SMILES string of the molecule is COC(=O)c1ccccc1NC(=O)c1csc2nc(-c3ccccc3)cn12. The predicted molar refractivity (Wildman–Crippen MR) is 104 cm³/mol. The van der Waals surface area contributed by atoms with Crippen LogP contribution in [0.15, 0.2) is 66.2 Å². The summed E-state index contributed by atoms with van der Waals surface area (Å²) < 4.78 is 6.52. The standard InChI is InChI=1S/C20H15N3O3S/c1-26-19(25)14-9-5-6-10-15(14)21-18(24)17-12-27-20-22-16(11-23(17)20)13-7-3-2-4-8-13/h2-12H,1H3,(H,21,24). The highest BCUT2D eigenvalue weighted by Crippen LogP contribution is 2.24. The minimum absolute atomic E-state index is 0.301. The number of nitrogens with zero attached hydrogens (tertiary/aromatic N) is 2. The van der Waals surface area contributed by atoms with Gasteiger partial charge in [0.15, 0.2) is 4.96 Å². The number of fused-ring (bicyclic) bond motifs is 1. The summed E-state index contributed by atoms with van der Waals surface area (Å²) >= 11 is 1.38. The van der Waals surface area contributed by atoms with E-state index in [2.05, 4.69) is 10.3 Å². The first-order valence-corrected chi connectivity index (χ1v) is 9.06. The molecule has 0 saturated carbocycles. The average molecular weight is 377 g/mol. The molecule has 2 aromatic heterocycles. The minimum atomic E-state index is -0.504. The highest BCUT2D eigenvalue weighted by atomic mass is 32.1. The number of imidazole rings is 1. The fraction of sp³-hybridized carbons (Fsp3) is 0.0500. The van der Waals surface area contributed by atoms with Gasteiger partial charge in [-0.25, -0.2) is 9.78 Å². The van der Waals surface area contributed by atoms with Crippen molar-refractivity contribution in [2.75, 3.05) is 12.4 Å². The number of esters is 1. The van der Waals surface area contributed by atoms with E-state index < -0.39 is 5.97 Å². The van der Waals surface area contributed by atoms with E-state index in [1.807, 2.05) is 36.5 Å². The monoisotopic (exact) mass is 377 g/mol. The zero-order chi connectivity index (χ0) is 18.8. The molecule has 0 aliphatic rings. The fourth-order valence-electron chi connectivity index (χ4n) is 2.76. The lowest BCUT2D eigenvalue weighted by atomic mass is 10.1. The molecule has 4 aromatic rings. The molecule has 6 nitrogen and oxygen atoms in total. The van der Waals surface area contributed by atoms with Gasteiger partial charge in [0.05, 0.1) is 24.1 Å². The summed E-state index contributed by atoms with van der Waals surface area (Å²) in [5, 5.41) is 4.53. The van der Waals surface area contributed by atoms with Crippen molar-refractivity contribution < 1.29 is 14.3 Å². The van der Waals surface area contributed by atoms with Crippen molar-refractivity contribution in [3.8, 4) is 11.3 Å². The van der Waals surface area contributed by atoms with Crippen LogP contribution in [-0.2, 0) is 4.74 Å². The Morgan fingerprint density at radius 2 is 1.81 bits per heavy atom. The molecule has 4 rings (SSSR count). The molecule has 0 fully saturated rings. The quantitative estimate of drug-likeness (QED) is 0.544. The van der Waals surface area contributed by atoms with E-state index in [-0.39, 0.29) is 5.91 Å². The number of aromatic nitrogens is 2. The van der Waals surface area contributed by atoms with Crippen LogP contribution in [0.1, 0.15) is 20.8 Å². The Bertz CT molecular complexity index is 1130. The van der Waals surface area contributed by atoms with E-state index >= 15 is 0 Å². The molecule has 134 valence electrons. The second-order valence-corrected chi connectivity index (χ2v) is 6.59. The second kappa shape index (κ2) is 7.05. The number of benzene rings is 2. The van der Waals surface area contributed by atoms with Crippen LogP contribution in [0.25, 0.3) is 16.2 Å². The number of ether oxygens (including phenoxy) is 1. The Labute approximate surface area is 159 Å². The van der Waals surface area contributed by atoms with Crippen LogP contribution in [0.3, 0.4) is 0 Å². The average Bonchev–Trinajstić information content (AvgIpc) is 3.29. The summed E-state index contributed by atoms with van der Waals surface area (Å²) in [6.07, 6.45) is 1.84. The van der Waals surface area contributed by atoms with Crippen molar-refractivity contribution in [1.82, 2.24) is 9.38 Å². The lowest BCUT2D eigenvalue weighted by molar-refractivity contribution is 0.0602. The number of amides is 1. The first-order chi connectivity index (χ1) is 13.2. The number of hydrogen-bond acceptors (Lipinski definition) is 5. The molecule has 0 bridgehead atoms. The van der Waals surface area contributed by atoms with Crippen LogP contribution in [0.2, 0.25) is 0 Å². The van der Waals surface area contributed by atoms with Crippen LogP contribution in [0.5, 0.6) is 0 Å². The number of methoxy groups -OCH3 is 1. The van der Waals surface area contributed by atoms with Crippen molar-refractivity contribution in [3.05, 3.63) is 77.4 Å². The lowest BCUT2D eigenvalue weighted by Gasteiger charge is -2.09. The third-order valence-corrected chi connectivity index (χ3v) is 4.93. The highest BCUT2D eigenvalue weighted by Gasteiger charge is 2.18. The smallest absolute Gasteiger partial charge is 0.339 e. The Balaban J connectivity index is 1.66. The number of carbonyl (C=O) groups excluding carboxylic acids is 2. The molecular weight excluding hydrogens is 362 g/mol. The largest absolute Gasteiger partial charge is 0.465 e. The van der Waals surface area contributed by atoms with Gasteiger partial charge in [-0.15, -0.1) is 11.3 Å². The molecular formula is C20H15N3O3S. The molecule has 0 aliphatic heterocycles. The Morgan fingerprint density at radius 3 is 2.59 bits per heavy atom. The minimum Gasteiger partial charge on any atom is -0.465 e. The van der Waals surface area contributed by atoms with Gasteiger partial charge in [0.1, 0.15) is 5.69 Å². The maximum absolute atomic E-state index is 12.8. The van der Waals surface area contributed by atoms with Crippen molar-refractivity contribution in [3.63, 3.8) is 0 Å². The Kier molecular flexibility index (Phi) is 4.43. The predicted octanol–water partition coefficient (Wildman–Crippen LogP) is 4.10. The summed E-state index contributed by atoms with van der Waals surface area (Å²) in [4.78, 5) is 30.0. The van der Waals surface area contributed by atoms with Gasteiger partial charge in [0.25, 0.3) is 5.91 Å². The summed E-state index contributed by atoms with van der Waals surface area (Å²) in [6.45, 7) is 0. The van der Waals surface area contributed by atoms with E-state index in [4.69, 9.17) is 4.74 Å². The van der Waals surface area contributed by atoms with Crippen molar-refractivity contribution in [1.29, 1.82) is 0 Å². The molecule has 2 aromatic carbocycles. The summed E-state index contributed by atoms with van der Waals surface area (Å²) in [5.74, 6) is -0.829. The fourth-order valence-corrected chi connectivity index (χ4v) is 3.61. The normalized spacial score (nSPS) is 10.7. The zero-order valence-corrected chi connectivity index (χ0v) is 15.2. The molecule has 0 saturated heterocycles. The van der Waals surface area contributed by atoms with Crippen LogP contribution < -0.4 is 5.32 Å². The number of rotatable bonds is 4. The van der Waals surface area contributed by atoms with E-state index in [1.165, 1.54) is 18.4 Å². The zero-order valence-electron chi connectivity index (χ0n) is 14.4. The van der Waals surface area contributed by atoms with Crippen LogP contribution in [0, 0.1) is 0 Å². The van der Waals surface area contributed by atoms with E-state index in [0.717, 1.165) is 16.2 Å². The molecule has 0 atom stereocenters. The molecule has 0 unspecified atom stereocenters. The van der Waals surface area contributed by atoms with Gasteiger partial charge in [-0.3, -0.25) is 9.20 Å². The maximum Gasteiger partial charge on any atom is 0.339 e. The van der Waals surface area contributed by atoms with Gasteiger partial charge in [0, 0.05) is 17.1 Å². The van der Waals surface area contributed by atoms with Crippen LogP contribution in [-0.4, -0.2) is 28.4 Å². The van der Waals surface area contributed by atoms with Gasteiger partial charge < -0.3 is 10.1 Å². The number of carbonyl (C=O) groups is 2. The van der Waals surface area contributed by atoms with E-state index in [1.54, 1.807) is 34.0 Å². The van der Waals surface area contributed by atoms with Gasteiger partial charge in [-0.2, -0.15) is 0 Å². The number of hydrogen-bond donors (Lipinski definition) is 1. The lowest BCUT2D eigenvalue weighted by Crippen LogP contribution is -2.16. The maximum atomic E-state index is 12.8. The van der Waals surface area contributed by atoms with Crippen molar-refractivity contribution in [2.45, 2.75) is 0 Å². The first-order valence-electron chi connectivity index (χ1n) is 8.18. The molecule has 0 radical (unpaired) electrons. The number of para-hydroxylation sites is 1. The Hall–Kier alpha value is -3.45. The van der Waals surface area contributed by atoms with E-state index in [0.29, 0.717) is 16.9 Å². The third-order valence-electron chi connectivity index (χ3n) is 4.09. The Morgan fingerprint density at radius 1 is 1.07 bits per heavy atom. The van der Waals surface area contributed by atoms with E-state index in [9.17, 15) is 9.59 Å². The van der Waals surface area contributed by atoms with Gasteiger partial charge >= 0.3 is 5.97 Å². The highest BCUT2D eigenvalue weighted by molar-refractivity contribution is 7.15. The number of nitrogens with one attached hydrogen (secondary N) is 1. The summed E-state index contributed by atoms with van der Waals surface area (Å²) in [5.41, 5.74) is 2.93. The molecule has 0 aliphatic carbocycles. The van der Waals surface area contributed by atoms with Gasteiger partial charge in [-0.05, 0) is 12.1 Å². The molecule has 1 N–H and O–H groups in total. The number of anilines is 1. The van der Waals surface area contributed by atoms with Crippen molar-refractivity contribution in [2.24, 2.45) is 0 Å². The molecule has 0 spiro atoms. The second-order valence-electron chi connectivity index (χ2n) is 5.76. The van der Waals surface area contributed by atoms with Crippen LogP contribution >= 0.6 is 11.3 Å².